The van der Waals surface area contributed by atoms with Gasteiger partial charge in [0.2, 0.25) is 0 Å². The average Bonchev–Trinajstić information content (AvgIpc) is 3.34. The first-order valence-corrected chi connectivity index (χ1v) is 10.3. The first-order valence-electron chi connectivity index (χ1n) is 10.3. The largest absolute Gasteiger partial charge is 0.333 e. The van der Waals surface area contributed by atoms with E-state index in [0.29, 0.717) is 12.0 Å². The van der Waals surface area contributed by atoms with Gasteiger partial charge >= 0.3 is 0 Å². The minimum absolute atomic E-state index is 0.0899. The van der Waals surface area contributed by atoms with Crippen molar-refractivity contribution in [3.05, 3.63) is 110 Å². The number of benzene rings is 3. The summed E-state index contributed by atoms with van der Waals surface area (Å²) in [6, 6.07) is 17.9. The Balaban J connectivity index is 1.51. The minimum Gasteiger partial charge on any atom is -0.333 e. The zero-order valence-electron chi connectivity index (χ0n) is 17.5. The number of carbonyl (C=O) groups excluding carboxylic acids is 2. The van der Waals surface area contributed by atoms with Gasteiger partial charge < -0.3 is 4.90 Å². The van der Waals surface area contributed by atoms with Gasteiger partial charge in [0.15, 0.2) is 6.17 Å². The number of nitrogens with one attached hydrogen (secondary N) is 1. The standard InChI is InChI=1S/C23H17N5O6/c29-21(14-5-9-17(10-6-14)27(31)32)24-26-22(15-7-11-18(12-8-15)28(33)34)25-19-4-2-1-3-16(19)13-20(25)23(26)30/h1-12,20,22H,13H2,(H,24,29)/t20-,22+/m0/s1. The molecule has 0 radical (unpaired) electrons. The minimum atomic E-state index is -0.732. The molecule has 0 aromatic heterocycles. The van der Waals surface area contributed by atoms with E-state index in [1.807, 2.05) is 29.2 Å². The summed E-state index contributed by atoms with van der Waals surface area (Å²) in [5.74, 6) is -0.931. The van der Waals surface area contributed by atoms with Gasteiger partial charge in [-0.1, -0.05) is 18.2 Å². The van der Waals surface area contributed by atoms with Crippen LogP contribution in [-0.2, 0) is 11.2 Å². The van der Waals surface area contributed by atoms with Crippen LogP contribution in [0.4, 0.5) is 17.1 Å². The van der Waals surface area contributed by atoms with Crippen LogP contribution in [0, 0.1) is 20.2 Å². The van der Waals surface area contributed by atoms with Crippen molar-refractivity contribution >= 4 is 28.9 Å². The Morgan fingerprint density at radius 2 is 1.47 bits per heavy atom. The average molecular weight is 459 g/mol. The third-order valence-electron chi connectivity index (χ3n) is 6.01. The number of non-ortho nitro benzene ring substituents is 2. The Labute approximate surface area is 192 Å². The molecule has 0 aliphatic carbocycles. The highest BCUT2D eigenvalue weighted by molar-refractivity contribution is 5.98. The number of amides is 2. The van der Waals surface area contributed by atoms with Crippen LogP contribution in [-0.4, -0.2) is 32.7 Å². The molecule has 34 heavy (non-hydrogen) atoms. The molecule has 0 unspecified atom stereocenters. The topological polar surface area (TPSA) is 139 Å². The number of hydrogen-bond acceptors (Lipinski definition) is 7. The van der Waals surface area contributed by atoms with E-state index >= 15 is 0 Å². The predicted molar refractivity (Wildman–Crippen MR) is 120 cm³/mol. The van der Waals surface area contributed by atoms with Crippen molar-refractivity contribution in [3.8, 4) is 0 Å². The number of carbonyl (C=O) groups is 2. The molecule has 170 valence electrons. The number of hydrazine groups is 1. The highest BCUT2D eigenvalue weighted by Gasteiger charge is 2.51. The van der Waals surface area contributed by atoms with E-state index in [2.05, 4.69) is 5.43 Å². The van der Waals surface area contributed by atoms with Crippen LogP contribution in [0.1, 0.15) is 27.7 Å². The molecule has 2 aliphatic heterocycles. The van der Waals surface area contributed by atoms with E-state index in [9.17, 15) is 29.8 Å². The van der Waals surface area contributed by atoms with Crippen molar-refractivity contribution in [2.24, 2.45) is 0 Å². The Kier molecular flexibility index (Phi) is 4.93. The van der Waals surface area contributed by atoms with Crippen molar-refractivity contribution in [3.63, 3.8) is 0 Å². The fourth-order valence-corrected chi connectivity index (χ4v) is 4.43. The molecular formula is C23H17N5O6. The Bertz CT molecular complexity index is 1320. The van der Waals surface area contributed by atoms with E-state index in [0.717, 1.165) is 11.3 Å². The molecule has 2 amide bonds. The number of nitrogens with zero attached hydrogens (tertiary/aromatic N) is 4. The van der Waals surface area contributed by atoms with Gasteiger partial charge in [-0.2, -0.15) is 0 Å². The number of rotatable bonds is 5. The highest BCUT2D eigenvalue weighted by Crippen LogP contribution is 2.45. The van der Waals surface area contributed by atoms with Gasteiger partial charge in [-0.15, -0.1) is 0 Å². The van der Waals surface area contributed by atoms with Crippen LogP contribution >= 0.6 is 0 Å². The number of anilines is 1. The van der Waals surface area contributed by atoms with Crippen LogP contribution in [0.2, 0.25) is 0 Å². The van der Waals surface area contributed by atoms with Gasteiger partial charge in [0.25, 0.3) is 23.2 Å². The van der Waals surface area contributed by atoms with Gasteiger partial charge in [0, 0.05) is 41.9 Å². The molecule has 1 saturated heterocycles. The summed E-state index contributed by atoms with van der Waals surface area (Å²) in [5.41, 5.74) is 4.96. The molecule has 5 rings (SSSR count). The summed E-state index contributed by atoms with van der Waals surface area (Å²) in [6.45, 7) is 0. The predicted octanol–water partition coefficient (Wildman–Crippen LogP) is 3.12. The lowest BCUT2D eigenvalue weighted by Gasteiger charge is -2.31. The fraction of sp³-hybridized carbons (Fsp3) is 0.130. The van der Waals surface area contributed by atoms with Crippen molar-refractivity contribution in [1.82, 2.24) is 10.4 Å². The van der Waals surface area contributed by atoms with Gasteiger partial charge in [-0.25, -0.2) is 5.01 Å². The van der Waals surface area contributed by atoms with Crippen LogP contribution in [0.15, 0.2) is 72.8 Å². The number of nitro benzene ring substituents is 2. The summed E-state index contributed by atoms with van der Waals surface area (Å²) in [5, 5.41) is 23.2. The SMILES string of the molecule is O=C(NN1C(=O)[C@@H]2Cc3ccccc3N2[C@H]1c1ccc([N+](=O)[O-])cc1)c1ccc([N+](=O)[O-])cc1. The van der Waals surface area contributed by atoms with Gasteiger partial charge in [-0.05, 0) is 41.5 Å². The maximum absolute atomic E-state index is 13.4. The number of hydrogen-bond donors (Lipinski definition) is 1. The molecule has 11 heteroatoms. The lowest BCUT2D eigenvalue weighted by molar-refractivity contribution is -0.385. The van der Waals surface area contributed by atoms with Crippen LogP contribution in [0.5, 0.6) is 0 Å². The maximum Gasteiger partial charge on any atom is 0.269 e. The van der Waals surface area contributed by atoms with Crippen molar-refractivity contribution in [2.45, 2.75) is 18.6 Å². The normalized spacial score (nSPS) is 18.4. The van der Waals surface area contributed by atoms with Crippen molar-refractivity contribution < 1.29 is 19.4 Å². The molecule has 0 spiro atoms. The van der Waals surface area contributed by atoms with Crippen LogP contribution in [0.3, 0.4) is 0 Å². The van der Waals surface area contributed by atoms with Crippen LogP contribution < -0.4 is 10.3 Å². The second kappa shape index (κ2) is 7.96. The number of para-hydroxylation sites is 1. The molecule has 2 heterocycles. The lowest BCUT2D eigenvalue weighted by atomic mass is 10.1. The lowest BCUT2D eigenvalue weighted by Crippen LogP contribution is -2.46. The molecule has 0 bridgehead atoms. The third-order valence-corrected chi connectivity index (χ3v) is 6.01. The Hall–Kier alpha value is -4.80. The van der Waals surface area contributed by atoms with E-state index in [1.54, 1.807) is 12.1 Å². The van der Waals surface area contributed by atoms with E-state index in [1.165, 1.54) is 41.4 Å². The second-order valence-corrected chi connectivity index (χ2v) is 7.93. The van der Waals surface area contributed by atoms with E-state index < -0.39 is 28.0 Å². The molecule has 1 fully saturated rings. The van der Waals surface area contributed by atoms with Crippen molar-refractivity contribution in [1.29, 1.82) is 0 Å². The quantitative estimate of drug-likeness (QED) is 0.457. The highest BCUT2D eigenvalue weighted by atomic mass is 16.6. The summed E-state index contributed by atoms with van der Waals surface area (Å²) in [7, 11) is 0. The smallest absolute Gasteiger partial charge is 0.269 e. The Morgan fingerprint density at radius 3 is 2.09 bits per heavy atom. The molecule has 11 nitrogen and oxygen atoms in total. The van der Waals surface area contributed by atoms with E-state index in [4.69, 9.17) is 0 Å². The molecule has 0 saturated carbocycles. The maximum atomic E-state index is 13.4. The molecule has 1 N–H and O–H groups in total. The zero-order chi connectivity index (χ0) is 24.0. The summed E-state index contributed by atoms with van der Waals surface area (Å²) in [6.07, 6.45) is -0.272. The molecule has 2 aliphatic rings. The third kappa shape index (κ3) is 3.39. The Morgan fingerprint density at radius 1 is 0.882 bits per heavy atom. The number of fused-ring (bicyclic) bond motifs is 3. The fourth-order valence-electron chi connectivity index (χ4n) is 4.43. The monoisotopic (exact) mass is 459 g/mol. The zero-order valence-corrected chi connectivity index (χ0v) is 17.5. The van der Waals surface area contributed by atoms with E-state index in [-0.39, 0.29) is 22.8 Å². The molecule has 3 aromatic rings. The summed E-state index contributed by atoms with van der Waals surface area (Å²) in [4.78, 5) is 49.1. The van der Waals surface area contributed by atoms with Gasteiger partial charge in [-0.3, -0.25) is 35.2 Å². The summed E-state index contributed by atoms with van der Waals surface area (Å²) >= 11 is 0. The van der Waals surface area contributed by atoms with Crippen LogP contribution in [0.25, 0.3) is 0 Å². The summed E-state index contributed by atoms with van der Waals surface area (Å²) < 4.78 is 0. The number of nitro groups is 2. The molecule has 3 aromatic carbocycles. The van der Waals surface area contributed by atoms with Gasteiger partial charge in [0.1, 0.15) is 6.04 Å². The van der Waals surface area contributed by atoms with Gasteiger partial charge in [0.05, 0.1) is 9.85 Å². The first-order chi connectivity index (χ1) is 16.3. The molecular weight excluding hydrogens is 442 g/mol. The van der Waals surface area contributed by atoms with Crippen molar-refractivity contribution in [2.75, 3.05) is 4.90 Å². The molecule has 2 atom stereocenters. The second-order valence-electron chi connectivity index (χ2n) is 7.93. The first kappa shape index (κ1) is 21.1.